The van der Waals surface area contributed by atoms with E-state index < -0.39 is 10.4 Å². The monoisotopic (exact) mass is 406 g/mol. The molecule has 0 atom stereocenters. The number of hydrogen-bond donors (Lipinski definition) is 0. The Hall–Kier alpha value is -0.130. The van der Waals surface area contributed by atoms with Crippen LogP contribution in [0.3, 0.4) is 0 Å². The van der Waals surface area contributed by atoms with Gasteiger partial charge in [-0.2, -0.15) is 8.42 Å². The van der Waals surface area contributed by atoms with Gasteiger partial charge in [-0.3, -0.25) is 0 Å². The van der Waals surface area contributed by atoms with Crippen LogP contribution < -0.4 is 0 Å². The minimum atomic E-state index is -3.77. The number of rotatable bonds is 22. The molecule has 0 saturated carbocycles. The molecule has 0 radical (unpaired) electrons. The van der Waals surface area contributed by atoms with Crippen LogP contribution in [0, 0.1) is 0 Å². The minimum absolute atomic E-state index is 0.220. The quantitative estimate of drug-likeness (QED) is 0.177. The summed E-state index contributed by atoms with van der Waals surface area (Å²) in [7, 11) is -3.77. The van der Waals surface area contributed by atoms with E-state index in [2.05, 4.69) is 6.92 Å². The molecule has 27 heavy (non-hydrogen) atoms. The molecule has 0 unspecified atom stereocenters. The SMILES string of the molecule is CCCCCCCCCCCCCCCCCCOS(=O)(=O)OCCCC. The molecule has 0 aromatic heterocycles. The molecule has 0 spiro atoms. The van der Waals surface area contributed by atoms with Crippen LogP contribution in [-0.4, -0.2) is 21.6 Å². The molecule has 0 aliphatic carbocycles. The zero-order valence-electron chi connectivity index (χ0n) is 18.2. The summed E-state index contributed by atoms with van der Waals surface area (Å²) < 4.78 is 32.4. The van der Waals surface area contributed by atoms with Gasteiger partial charge in [0.1, 0.15) is 0 Å². The van der Waals surface area contributed by atoms with Crippen molar-refractivity contribution in [2.75, 3.05) is 13.2 Å². The second kappa shape index (κ2) is 20.6. The van der Waals surface area contributed by atoms with E-state index >= 15 is 0 Å². The fourth-order valence-corrected chi connectivity index (χ4v) is 3.86. The highest BCUT2D eigenvalue weighted by Crippen LogP contribution is 2.13. The van der Waals surface area contributed by atoms with Gasteiger partial charge >= 0.3 is 10.4 Å². The third-order valence-corrected chi connectivity index (χ3v) is 5.86. The van der Waals surface area contributed by atoms with Gasteiger partial charge in [0, 0.05) is 0 Å². The predicted octanol–water partition coefficient (Wildman–Crippen LogP) is 7.33. The average molecular weight is 407 g/mol. The first-order valence-electron chi connectivity index (χ1n) is 11.7. The Morgan fingerprint density at radius 3 is 1.11 bits per heavy atom. The van der Waals surface area contributed by atoms with Crippen LogP contribution in [0.2, 0.25) is 0 Å². The van der Waals surface area contributed by atoms with Crippen molar-refractivity contribution in [2.24, 2.45) is 0 Å². The van der Waals surface area contributed by atoms with Crippen LogP contribution in [0.1, 0.15) is 129 Å². The molecule has 0 saturated heterocycles. The Morgan fingerprint density at radius 1 is 0.444 bits per heavy atom. The van der Waals surface area contributed by atoms with Gasteiger partial charge in [0.15, 0.2) is 0 Å². The Balaban J connectivity index is 3.18. The second-order valence-electron chi connectivity index (χ2n) is 7.71. The molecule has 0 aromatic carbocycles. The van der Waals surface area contributed by atoms with E-state index in [1.807, 2.05) is 6.92 Å². The zero-order chi connectivity index (χ0) is 20.1. The van der Waals surface area contributed by atoms with Crippen molar-refractivity contribution in [1.29, 1.82) is 0 Å². The van der Waals surface area contributed by atoms with Gasteiger partial charge in [0.2, 0.25) is 0 Å². The highest BCUT2D eigenvalue weighted by atomic mass is 32.3. The third-order valence-electron chi connectivity index (χ3n) is 4.95. The van der Waals surface area contributed by atoms with E-state index in [1.165, 1.54) is 83.5 Å². The summed E-state index contributed by atoms with van der Waals surface area (Å²) in [5, 5.41) is 0. The molecule has 0 heterocycles. The number of unbranched alkanes of at least 4 members (excludes halogenated alkanes) is 16. The van der Waals surface area contributed by atoms with Crippen molar-refractivity contribution < 1.29 is 16.8 Å². The molecule has 4 nitrogen and oxygen atoms in total. The van der Waals surface area contributed by atoms with Gasteiger partial charge < -0.3 is 0 Å². The molecule has 5 heteroatoms. The first kappa shape index (κ1) is 26.9. The zero-order valence-corrected chi connectivity index (χ0v) is 19.0. The second-order valence-corrected chi connectivity index (χ2v) is 9.00. The van der Waals surface area contributed by atoms with Crippen molar-refractivity contribution in [2.45, 2.75) is 129 Å². The Bertz CT molecular complexity index is 382. The first-order valence-corrected chi connectivity index (χ1v) is 13.0. The third kappa shape index (κ3) is 22.0. The highest BCUT2D eigenvalue weighted by Gasteiger charge is 2.10. The van der Waals surface area contributed by atoms with Crippen LogP contribution in [0.25, 0.3) is 0 Å². The lowest BCUT2D eigenvalue weighted by Crippen LogP contribution is -2.11. The van der Waals surface area contributed by atoms with Crippen LogP contribution in [0.15, 0.2) is 0 Å². The maximum atomic E-state index is 11.4. The van der Waals surface area contributed by atoms with Crippen LogP contribution >= 0.6 is 0 Å². The molecule has 0 bridgehead atoms. The lowest BCUT2D eigenvalue weighted by molar-refractivity contribution is 0.209. The standard InChI is InChI=1S/C22H46O4S/c1-3-5-7-8-9-10-11-12-13-14-15-16-17-18-19-20-22-26-27(23,24)25-21-6-4-2/h3-22H2,1-2H3. The topological polar surface area (TPSA) is 52.6 Å². The summed E-state index contributed by atoms with van der Waals surface area (Å²) in [4.78, 5) is 0. The van der Waals surface area contributed by atoms with E-state index in [-0.39, 0.29) is 13.2 Å². The van der Waals surface area contributed by atoms with Gasteiger partial charge in [-0.05, 0) is 12.8 Å². The Kier molecular flexibility index (Phi) is 20.5. The van der Waals surface area contributed by atoms with Gasteiger partial charge in [0.25, 0.3) is 0 Å². The average Bonchev–Trinajstić information content (AvgIpc) is 2.64. The summed E-state index contributed by atoms with van der Waals surface area (Å²) in [5.41, 5.74) is 0. The first-order chi connectivity index (χ1) is 13.1. The molecule has 164 valence electrons. The summed E-state index contributed by atoms with van der Waals surface area (Å²) in [6, 6.07) is 0. The molecular weight excluding hydrogens is 360 g/mol. The fraction of sp³-hybridized carbons (Fsp3) is 1.00. The smallest absolute Gasteiger partial charge is 0.248 e. The highest BCUT2D eigenvalue weighted by molar-refractivity contribution is 7.81. The van der Waals surface area contributed by atoms with E-state index in [9.17, 15) is 8.42 Å². The van der Waals surface area contributed by atoms with Gasteiger partial charge in [-0.1, -0.05) is 117 Å². The molecular formula is C22H46O4S. The fourth-order valence-electron chi connectivity index (χ4n) is 3.15. The van der Waals surface area contributed by atoms with Gasteiger partial charge in [0.05, 0.1) is 13.2 Å². The minimum Gasteiger partial charge on any atom is -0.248 e. The predicted molar refractivity (Wildman–Crippen MR) is 115 cm³/mol. The van der Waals surface area contributed by atoms with Crippen LogP contribution in [0.5, 0.6) is 0 Å². The molecule has 0 aliphatic rings. The van der Waals surface area contributed by atoms with Crippen molar-refractivity contribution >= 4 is 10.4 Å². The molecule has 0 amide bonds. The maximum absolute atomic E-state index is 11.4. The van der Waals surface area contributed by atoms with Crippen molar-refractivity contribution in [3.05, 3.63) is 0 Å². The summed E-state index contributed by atoms with van der Waals surface area (Å²) in [6.07, 6.45) is 22.5. The van der Waals surface area contributed by atoms with E-state index in [0.29, 0.717) is 0 Å². The molecule has 0 aliphatic heterocycles. The van der Waals surface area contributed by atoms with Crippen molar-refractivity contribution in [3.63, 3.8) is 0 Å². The van der Waals surface area contributed by atoms with E-state index in [0.717, 1.165) is 32.1 Å². The van der Waals surface area contributed by atoms with Gasteiger partial charge in [-0.15, -0.1) is 0 Å². The lowest BCUT2D eigenvalue weighted by atomic mass is 10.0. The molecule has 0 rings (SSSR count). The normalized spacial score (nSPS) is 11.9. The van der Waals surface area contributed by atoms with E-state index in [4.69, 9.17) is 8.37 Å². The molecule has 0 fully saturated rings. The Labute approximate surface area is 170 Å². The number of hydrogen-bond acceptors (Lipinski definition) is 4. The van der Waals surface area contributed by atoms with Crippen LogP contribution in [0.4, 0.5) is 0 Å². The molecule has 0 aromatic rings. The molecule has 0 N–H and O–H groups in total. The summed E-state index contributed by atoms with van der Waals surface area (Å²) in [5.74, 6) is 0. The van der Waals surface area contributed by atoms with E-state index in [1.54, 1.807) is 0 Å². The van der Waals surface area contributed by atoms with Crippen molar-refractivity contribution in [1.82, 2.24) is 0 Å². The van der Waals surface area contributed by atoms with Crippen molar-refractivity contribution in [3.8, 4) is 0 Å². The maximum Gasteiger partial charge on any atom is 0.399 e. The summed E-state index contributed by atoms with van der Waals surface area (Å²) in [6.45, 7) is 4.73. The lowest BCUT2D eigenvalue weighted by Gasteiger charge is -2.06. The van der Waals surface area contributed by atoms with Crippen LogP contribution in [-0.2, 0) is 18.8 Å². The Morgan fingerprint density at radius 2 is 0.741 bits per heavy atom. The summed E-state index contributed by atoms with van der Waals surface area (Å²) >= 11 is 0. The van der Waals surface area contributed by atoms with Gasteiger partial charge in [-0.25, -0.2) is 8.37 Å². The largest absolute Gasteiger partial charge is 0.399 e.